The zero-order valence-electron chi connectivity index (χ0n) is 19.3. The van der Waals surface area contributed by atoms with Crippen LogP contribution >= 0.6 is 11.6 Å². The van der Waals surface area contributed by atoms with Crippen molar-refractivity contribution < 1.29 is 19.3 Å². The van der Waals surface area contributed by atoms with Crippen LogP contribution in [0.1, 0.15) is 22.4 Å². The molecule has 0 saturated carbocycles. The maximum absolute atomic E-state index is 13.8. The number of carbonyl (C=O) groups is 2. The minimum Gasteiger partial charge on any atom is -0.858 e. The summed E-state index contributed by atoms with van der Waals surface area (Å²) in [6.07, 6.45) is 3.41. The number of pyridine rings is 1. The van der Waals surface area contributed by atoms with Gasteiger partial charge in [-0.25, -0.2) is 9.58 Å². The highest BCUT2D eigenvalue weighted by molar-refractivity contribution is 6.53. The molecule has 7 nitrogen and oxygen atoms in total. The molecule has 5 rings (SSSR count). The summed E-state index contributed by atoms with van der Waals surface area (Å²) in [5.41, 5.74) is 3.33. The van der Waals surface area contributed by atoms with E-state index in [-0.39, 0.29) is 16.8 Å². The van der Waals surface area contributed by atoms with Crippen LogP contribution in [0, 0.1) is 20.8 Å². The molecule has 0 fully saturated rings. The van der Waals surface area contributed by atoms with Gasteiger partial charge in [0.05, 0.1) is 17.1 Å². The number of hydrogen-bond donors (Lipinski definition) is 0. The summed E-state index contributed by atoms with van der Waals surface area (Å²) in [6, 6.07) is 17.5. The Morgan fingerprint density at radius 1 is 0.857 bits per heavy atom. The number of rotatable bonds is 4. The number of carbonyl (C=O) groups excluding carboxylic acids is 2. The SMILES string of the molecule is Cc1cc[n+](C2=C(c3c(C)nn(-c4cccc(Cl)c4)c3[O-])C(=O)N(c3cccc(C)c3)C2=O)cc1. The molecule has 0 spiro atoms. The van der Waals surface area contributed by atoms with Gasteiger partial charge in [0.1, 0.15) is 5.57 Å². The summed E-state index contributed by atoms with van der Waals surface area (Å²) in [6.45, 7) is 5.46. The Morgan fingerprint density at radius 2 is 1.54 bits per heavy atom. The van der Waals surface area contributed by atoms with Crippen molar-refractivity contribution in [1.82, 2.24) is 9.78 Å². The maximum Gasteiger partial charge on any atom is 0.331 e. The predicted molar refractivity (Wildman–Crippen MR) is 131 cm³/mol. The van der Waals surface area contributed by atoms with Crippen LogP contribution in [0.5, 0.6) is 5.88 Å². The zero-order chi connectivity index (χ0) is 24.9. The lowest BCUT2D eigenvalue weighted by Gasteiger charge is -2.16. The van der Waals surface area contributed by atoms with E-state index in [9.17, 15) is 14.7 Å². The van der Waals surface area contributed by atoms with E-state index in [0.717, 1.165) is 16.0 Å². The largest absolute Gasteiger partial charge is 0.858 e. The minimum absolute atomic E-state index is 0.0149. The molecule has 3 heterocycles. The Hall–Kier alpha value is -4.23. The number of hydrogen-bond acceptors (Lipinski definition) is 4. The van der Waals surface area contributed by atoms with Crippen molar-refractivity contribution in [2.75, 3.05) is 4.90 Å². The van der Waals surface area contributed by atoms with Crippen LogP contribution in [0.15, 0.2) is 73.1 Å². The third kappa shape index (κ3) is 3.80. The number of benzene rings is 2. The van der Waals surface area contributed by atoms with Gasteiger partial charge in [0.25, 0.3) is 11.6 Å². The summed E-state index contributed by atoms with van der Waals surface area (Å²) >= 11 is 6.12. The third-order valence-electron chi connectivity index (χ3n) is 5.89. The van der Waals surface area contributed by atoms with Crippen LogP contribution in [0.2, 0.25) is 5.02 Å². The Bertz CT molecular complexity index is 1540. The molecule has 174 valence electrons. The Labute approximate surface area is 207 Å². The standard InChI is InChI=1S/C27H21ClN4O3/c1-16-10-12-30(13-11-16)24-23(25(33)31(27(24)35)20-8-4-6-17(2)14-20)22-18(3)29-32(26(22)34)21-9-5-7-19(28)15-21/h4-15H,1-3H3. The van der Waals surface area contributed by atoms with Crippen molar-refractivity contribution in [3.8, 4) is 11.6 Å². The first-order valence-electron chi connectivity index (χ1n) is 11.0. The summed E-state index contributed by atoms with van der Waals surface area (Å²) in [4.78, 5) is 28.7. The van der Waals surface area contributed by atoms with Gasteiger partial charge in [0.15, 0.2) is 12.4 Å². The number of amides is 2. The number of nitrogens with zero attached hydrogens (tertiary/aromatic N) is 4. The fraction of sp³-hybridized carbons (Fsp3) is 0.111. The molecule has 0 bridgehead atoms. The molecule has 0 saturated heterocycles. The first-order valence-corrected chi connectivity index (χ1v) is 11.3. The van der Waals surface area contributed by atoms with Crippen LogP contribution in [0.4, 0.5) is 5.69 Å². The van der Waals surface area contributed by atoms with Gasteiger partial charge in [-0.05, 0) is 68.1 Å². The van der Waals surface area contributed by atoms with Gasteiger partial charge in [-0.3, -0.25) is 9.59 Å². The van der Waals surface area contributed by atoms with Crippen LogP contribution in [-0.2, 0) is 9.59 Å². The molecule has 4 aromatic rings. The van der Waals surface area contributed by atoms with Crippen LogP contribution in [-0.4, -0.2) is 21.6 Å². The second kappa shape index (κ2) is 8.52. The molecule has 2 aromatic heterocycles. The van der Waals surface area contributed by atoms with Crippen molar-refractivity contribution in [3.63, 3.8) is 0 Å². The Balaban J connectivity index is 1.75. The lowest BCUT2D eigenvalue weighted by atomic mass is 10.0. The van der Waals surface area contributed by atoms with E-state index in [2.05, 4.69) is 5.10 Å². The fourth-order valence-corrected chi connectivity index (χ4v) is 4.40. The maximum atomic E-state index is 13.8. The van der Waals surface area contributed by atoms with Crippen molar-refractivity contribution in [1.29, 1.82) is 0 Å². The number of aryl methyl sites for hydroxylation is 3. The first-order chi connectivity index (χ1) is 16.8. The minimum atomic E-state index is -0.575. The van der Waals surface area contributed by atoms with Gasteiger partial charge in [0.2, 0.25) is 0 Å². The van der Waals surface area contributed by atoms with E-state index < -0.39 is 17.7 Å². The highest BCUT2D eigenvalue weighted by Crippen LogP contribution is 2.38. The first kappa shape index (κ1) is 22.6. The molecule has 1 aliphatic rings. The van der Waals surface area contributed by atoms with Gasteiger partial charge in [-0.2, -0.15) is 9.67 Å². The summed E-state index contributed by atoms with van der Waals surface area (Å²) in [5, 5.41) is 18.4. The average Bonchev–Trinajstić information content (AvgIpc) is 3.25. The highest BCUT2D eigenvalue weighted by Gasteiger charge is 2.47. The van der Waals surface area contributed by atoms with Crippen molar-refractivity contribution in [2.45, 2.75) is 20.8 Å². The topological polar surface area (TPSA) is 82.1 Å². The highest BCUT2D eigenvalue weighted by atomic mass is 35.5. The van der Waals surface area contributed by atoms with Crippen LogP contribution in [0.25, 0.3) is 17.0 Å². The smallest absolute Gasteiger partial charge is 0.331 e. The van der Waals surface area contributed by atoms with Gasteiger partial charge in [-0.1, -0.05) is 29.8 Å². The molecule has 0 atom stereocenters. The lowest BCUT2D eigenvalue weighted by molar-refractivity contribution is -0.576. The molecule has 1 aliphatic heterocycles. The van der Waals surface area contributed by atoms with E-state index in [1.165, 1.54) is 4.68 Å². The second-order valence-electron chi connectivity index (χ2n) is 8.45. The quantitative estimate of drug-likeness (QED) is 0.326. The van der Waals surface area contributed by atoms with Gasteiger partial charge < -0.3 is 5.11 Å². The monoisotopic (exact) mass is 484 g/mol. The molecule has 0 radical (unpaired) electrons. The molecule has 35 heavy (non-hydrogen) atoms. The Kier molecular flexibility index (Phi) is 5.49. The summed E-state index contributed by atoms with van der Waals surface area (Å²) < 4.78 is 2.78. The molecule has 8 heteroatoms. The Morgan fingerprint density at radius 3 is 2.23 bits per heavy atom. The number of aromatic nitrogens is 3. The van der Waals surface area contributed by atoms with E-state index in [1.807, 2.05) is 32.0 Å². The number of anilines is 1. The number of imide groups is 1. The van der Waals surface area contributed by atoms with E-state index in [1.54, 1.807) is 66.3 Å². The zero-order valence-corrected chi connectivity index (χ0v) is 20.1. The summed E-state index contributed by atoms with van der Waals surface area (Å²) in [5.74, 6) is -1.59. The van der Waals surface area contributed by atoms with E-state index in [4.69, 9.17) is 11.6 Å². The molecule has 0 unspecified atom stereocenters. The van der Waals surface area contributed by atoms with Gasteiger partial charge in [0, 0.05) is 22.7 Å². The fourth-order valence-electron chi connectivity index (χ4n) is 4.21. The molecule has 2 amide bonds. The number of halogens is 1. The lowest BCUT2D eigenvalue weighted by Crippen LogP contribution is -2.39. The third-order valence-corrected chi connectivity index (χ3v) is 6.13. The van der Waals surface area contributed by atoms with Crippen LogP contribution < -0.4 is 14.6 Å². The summed E-state index contributed by atoms with van der Waals surface area (Å²) in [7, 11) is 0. The van der Waals surface area contributed by atoms with Gasteiger partial charge >= 0.3 is 5.91 Å². The molecule has 0 aliphatic carbocycles. The second-order valence-corrected chi connectivity index (χ2v) is 8.88. The normalized spacial score (nSPS) is 13.8. The average molecular weight is 485 g/mol. The molecule has 2 aromatic carbocycles. The van der Waals surface area contributed by atoms with Crippen molar-refractivity contribution >= 4 is 40.4 Å². The molecule has 0 N–H and O–H groups in total. The van der Waals surface area contributed by atoms with Gasteiger partial charge in [-0.15, -0.1) is 0 Å². The molecular weight excluding hydrogens is 464 g/mol. The van der Waals surface area contributed by atoms with Crippen molar-refractivity contribution in [2.24, 2.45) is 0 Å². The predicted octanol–water partition coefficient (Wildman–Crippen LogP) is 3.75. The van der Waals surface area contributed by atoms with E-state index in [0.29, 0.717) is 22.1 Å². The van der Waals surface area contributed by atoms with Crippen molar-refractivity contribution in [3.05, 3.63) is 100 Å². The molecular formula is C27H21ClN4O3. The van der Waals surface area contributed by atoms with E-state index >= 15 is 0 Å². The van der Waals surface area contributed by atoms with Crippen LogP contribution in [0.3, 0.4) is 0 Å².